The molecule has 0 amide bonds. The van der Waals surface area contributed by atoms with E-state index in [0.717, 1.165) is 5.56 Å². The Kier molecular flexibility index (Phi) is 3.50. The fraction of sp³-hybridized carbons (Fsp3) is 0.250. The lowest BCUT2D eigenvalue weighted by atomic mass is 10.2. The van der Waals surface area contributed by atoms with E-state index in [1.165, 1.54) is 12.1 Å². The first-order valence-electron chi connectivity index (χ1n) is 3.42. The summed E-state index contributed by atoms with van der Waals surface area (Å²) in [4.78, 5) is 0. The zero-order chi connectivity index (χ0) is 9.90. The van der Waals surface area contributed by atoms with Crippen molar-refractivity contribution in [3.63, 3.8) is 0 Å². The highest BCUT2D eigenvalue weighted by atomic mass is 79.9. The summed E-state index contributed by atoms with van der Waals surface area (Å²) < 4.78 is 28.4. The van der Waals surface area contributed by atoms with Crippen LogP contribution in [0.5, 0.6) is 5.75 Å². The zero-order valence-corrected chi connectivity index (χ0v) is 8.78. The van der Waals surface area contributed by atoms with Crippen LogP contribution in [-0.4, -0.2) is 5.57 Å². The van der Waals surface area contributed by atoms with Crippen molar-refractivity contribution in [3.05, 3.63) is 29.8 Å². The SMILES string of the molecule is FC(F)(Cl)Oc1ccc(CBr)cc1. The van der Waals surface area contributed by atoms with Gasteiger partial charge in [-0.25, -0.2) is 0 Å². The highest BCUT2D eigenvalue weighted by Gasteiger charge is 2.27. The second-order valence-electron chi connectivity index (χ2n) is 2.33. The Morgan fingerprint density at radius 3 is 2.23 bits per heavy atom. The molecule has 0 aliphatic carbocycles. The van der Waals surface area contributed by atoms with Crippen LogP contribution in [0.15, 0.2) is 24.3 Å². The lowest BCUT2D eigenvalue weighted by Crippen LogP contribution is -2.15. The van der Waals surface area contributed by atoms with E-state index in [0.29, 0.717) is 5.33 Å². The van der Waals surface area contributed by atoms with E-state index < -0.39 is 5.57 Å². The van der Waals surface area contributed by atoms with Crippen molar-refractivity contribution in [3.8, 4) is 5.75 Å². The number of benzene rings is 1. The van der Waals surface area contributed by atoms with Gasteiger partial charge in [-0.05, 0) is 17.7 Å². The molecule has 0 fully saturated rings. The predicted octanol–water partition coefficient (Wildman–Crippen LogP) is 3.75. The van der Waals surface area contributed by atoms with Crippen LogP contribution in [0.4, 0.5) is 8.78 Å². The van der Waals surface area contributed by atoms with Gasteiger partial charge in [-0.15, -0.1) is 8.78 Å². The lowest BCUT2D eigenvalue weighted by Gasteiger charge is -2.10. The molecule has 0 spiro atoms. The van der Waals surface area contributed by atoms with Crippen molar-refractivity contribution < 1.29 is 13.5 Å². The molecule has 0 radical (unpaired) electrons. The number of hydrogen-bond donors (Lipinski definition) is 0. The second kappa shape index (κ2) is 4.24. The topological polar surface area (TPSA) is 9.23 Å². The summed E-state index contributed by atoms with van der Waals surface area (Å²) in [5, 5.41) is 0.671. The van der Waals surface area contributed by atoms with E-state index in [1.807, 2.05) is 0 Å². The van der Waals surface area contributed by atoms with E-state index in [9.17, 15) is 8.78 Å². The number of ether oxygens (including phenoxy) is 1. The van der Waals surface area contributed by atoms with Gasteiger partial charge in [-0.1, -0.05) is 28.1 Å². The summed E-state index contributed by atoms with van der Waals surface area (Å²) in [5.74, 6) is 0.0460. The monoisotopic (exact) mass is 270 g/mol. The molecule has 13 heavy (non-hydrogen) atoms. The fourth-order valence-corrected chi connectivity index (χ4v) is 1.24. The maximum Gasteiger partial charge on any atom is 0.487 e. The maximum absolute atomic E-state index is 12.1. The zero-order valence-electron chi connectivity index (χ0n) is 6.44. The molecule has 0 aliphatic rings. The molecular weight excluding hydrogens is 265 g/mol. The third-order valence-corrected chi connectivity index (χ3v) is 2.04. The fourth-order valence-electron chi connectivity index (χ4n) is 0.780. The highest BCUT2D eigenvalue weighted by molar-refractivity contribution is 9.08. The average molecular weight is 271 g/mol. The van der Waals surface area contributed by atoms with Crippen LogP contribution in [0.3, 0.4) is 0 Å². The Balaban J connectivity index is 2.70. The van der Waals surface area contributed by atoms with Gasteiger partial charge >= 0.3 is 5.57 Å². The third kappa shape index (κ3) is 3.91. The summed E-state index contributed by atoms with van der Waals surface area (Å²) in [6, 6.07) is 6.22. The molecule has 0 aromatic heterocycles. The first-order valence-corrected chi connectivity index (χ1v) is 4.92. The molecule has 0 saturated carbocycles. The number of halogens is 4. The van der Waals surface area contributed by atoms with E-state index in [1.54, 1.807) is 12.1 Å². The van der Waals surface area contributed by atoms with Crippen LogP contribution in [-0.2, 0) is 5.33 Å². The van der Waals surface area contributed by atoms with Crippen molar-refractivity contribution in [1.82, 2.24) is 0 Å². The minimum absolute atomic E-state index is 0.0460. The molecule has 1 nitrogen and oxygen atoms in total. The van der Waals surface area contributed by atoms with Gasteiger partial charge in [0.2, 0.25) is 0 Å². The van der Waals surface area contributed by atoms with Crippen LogP contribution in [0.25, 0.3) is 0 Å². The van der Waals surface area contributed by atoms with Gasteiger partial charge in [0.25, 0.3) is 0 Å². The molecule has 0 bridgehead atoms. The van der Waals surface area contributed by atoms with Crippen molar-refractivity contribution >= 4 is 27.5 Å². The minimum atomic E-state index is -3.64. The Labute approximate surface area is 87.8 Å². The van der Waals surface area contributed by atoms with Gasteiger partial charge in [0, 0.05) is 16.9 Å². The van der Waals surface area contributed by atoms with Crippen LogP contribution in [0, 0.1) is 0 Å². The Bertz CT molecular complexity index is 270. The summed E-state index contributed by atoms with van der Waals surface area (Å²) in [7, 11) is 0. The maximum atomic E-state index is 12.1. The number of hydrogen-bond acceptors (Lipinski definition) is 1. The predicted molar refractivity (Wildman–Crippen MR) is 50.5 cm³/mol. The molecule has 0 heterocycles. The van der Waals surface area contributed by atoms with Crippen molar-refractivity contribution in [2.75, 3.05) is 0 Å². The standard InChI is InChI=1S/C8H6BrClF2O/c9-5-6-1-3-7(4-2-6)13-8(10,11)12/h1-4H,5H2. The molecular formula is C8H6BrClF2O. The molecule has 72 valence electrons. The van der Waals surface area contributed by atoms with Gasteiger partial charge in [0.1, 0.15) is 5.75 Å². The molecule has 0 unspecified atom stereocenters. The van der Waals surface area contributed by atoms with Gasteiger partial charge in [0.05, 0.1) is 0 Å². The first kappa shape index (κ1) is 10.7. The normalized spacial score (nSPS) is 11.4. The molecule has 1 aromatic rings. The largest absolute Gasteiger partial charge is 0.487 e. The quantitative estimate of drug-likeness (QED) is 0.761. The number of rotatable bonds is 3. The summed E-state index contributed by atoms with van der Waals surface area (Å²) in [6.07, 6.45) is 0. The summed E-state index contributed by atoms with van der Waals surface area (Å²) in [6.45, 7) is 0. The molecule has 0 N–H and O–H groups in total. The van der Waals surface area contributed by atoms with Gasteiger partial charge < -0.3 is 4.74 Å². The van der Waals surface area contributed by atoms with E-state index >= 15 is 0 Å². The molecule has 0 atom stereocenters. The van der Waals surface area contributed by atoms with Gasteiger partial charge in [-0.3, -0.25) is 0 Å². The van der Waals surface area contributed by atoms with Gasteiger partial charge in [-0.2, -0.15) is 0 Å². The Morgan fingerprint density at radius 1 is 1.31 bits per heavy atom. The van der Waals surface area contributed by atoms with E-state index in [2.05, 4.69) is 32.3 Å². The minimum Gasteiger partial charge on any atom is -0.420 e. The first-order chi connectivity index (χ1) is 6.01. The second-order valence-corrected chi connectivity index (χ2v) is 3.33. The molecule has 0 aliphatic heterocycles. The highest BCUT2D eigenvalue weighted by Crippen LogP contribution is 2.25. The summed E-state index contributed by atoms with van der Waals surface area (Å²) in [5.41, 5.74) is -2.67. The average Bonchev–Trinajstić information content (AvgIpc) is 2.03. The molecule has 1 aromatic carbocycles. The summed E-state index contributed by atoms with van der Waals surface area (Å²) >= 11 is 7.80. The van der Waals surface area contributed by atoms with Crippen molar-refractivity contribution in [2.24, 2.45) is 0 Å². The Morgan fingerprint density at radius 2 is 1.85 bits per heavy atom. The lowest BCUT2D eigenvalue weighted by molar-refractivity contribution is -0.0964. The van der Waals surface area contributed by atoms with E-state index in [-0.39, 0.29) is 5.75 Å². The van der Waals surface area contributed by atoms with Crippen LogP contribution >= 0.6 is 27.5 Å². The van der Waals surface area contributed by atoms with Crippen LogP contribution in [0.1, 0.15) is 5.56 Å². The van der Waals surface area contributed by atoms with Crippen LogP contribution in [0.2, 0.25) is 0 Å². The van der Waals surface area contributed by atoms with Gasteiger partial charge in [0.15, 0.2) is 0 Å². The molecule has 5 heteroatoms. The van der Waals surface area contributed by atoms with E-state index in [4.69, 9.17) is 0 Å². The Hall–Kier alpha value is -0.350. The third-order valence-electron chi connectivity index (χ3n) is 1.31. The van der Waals surface area contributed by atoms with Crippen LogP contribution < -0.4 is 4.74 Å². The number of alkyl halides is 4. The van der Waals surface area contributed by atoms with Crippen molar-refractivity contribution in [1.29, 1.82) is 0 Å². The smallest absolute Gasteiger partial charge is 0.420 e. The molecule has 1 rings (SSSR count). The molecule has 0 saturated heterocycles. The van der Waals surface area contributed by atoms with Crippen molar-refractivity contribution in [2.45, 2.75) is 10.9 Å².